The summed E-state index contributed by atoms with van der Waals surface area (Å²) in [5, 5.41) is 2.91. The molecule has 22 heavy (non-hydrogen) atoms. The summed E-state index contributed by atoms with van der Waals surface area (Å²) in [5.41, 5.74) is 1.79. The first-order valence-corrected chi connectivity index (χ1v) is 7.63. The summed E-state index contributed by atoms with van der Waals surface area (Å²) in [6.45, 7) is 5.61. The van der Waals surface area contributed by atoms with Crippen LogP contribution < -0.4 is 14.8 Å². The Morgan fingerprint density at radius 2 is 2.18 bits per heavy atom. The lowest BCUT2D eigenvalue weighted by Gasteiger charge is -2.10. The molecule has 2 aromatic rings. The van der Waals surface area contributed by atoms with E-state index >= 15 is 0 Å². The average Bonchev–Trinajstić information content (AvgIpc) is 2.85. The molecule has 0 saturated carbocycles. The zero-order valence-electron chi connectivity index (χ0n) is 13.4. The molecule has 0 spiro atoms. The van der Waals surface area contributed by atoms with Crippen molar-refractivity contribution in [3.05, 3.63) is 18.2 Å². The molecule has 0 radical (unpaired) electrons. The quantitative estimate of drug-likeness (QED) is 0.813. The molecule has 0 saturated heterocycles. The second-order valence-electron chi connectivity index (χ2n) is 4.93. The summed E-state index contributed by atoms with van der Waals surface area (Å²) in [4.78, 5) is 16.0. The van der Waals surface area contributed by atoms with Crippen molar-refractivity contribution in [3.8, 4) is 11.8 Å². The Bertz CT molecular complexity index is 637. The Labute approximate surface area is 130 Å². The van der Waals surface area contributed by atoms with Crippen LogP contribution in [0.25, 0.3) is 11.0 Å². The van der Waals surface area contributed by atoms with Crippen LogP contribution in [0.15, 0.2) is 18.2 Å². The molecule has 120 valence electrons. The van der Waals surface area contributed by atoms with Crippen molar-refractivity contribution < 1.29 is 14.3 Å². The zero-order valence-corrected chi connectivity index (χ0v) is 13.4. The van der Waals surface area contributed by atoms with Crippen LogP contribution in [-0.4, -0.2) is 35.7 Å². The molecule has 1 aromatic heterocycles. The van der Waals surface area contributed by atoms with Gasteiger partial charge in [0.1, 0.15) is 5.75 Å². The lowest BCUT2D eigenvalue weighted by Crippen LogP contribution is -2.26. The van der Waals surface area contributed by atoms with Gasteiger partial charge in [0.25, 0.3) is 6.01 Å². The standard InChI is InChI=1S/C16H23N3O3/c1-4-6-15(20)17-9-10-19-14-11-12(21-3)7-8-13(14)18-16(19)22-5-2/h7-8,11H,4-6,9-10H2,1-3H3,(H,17,20). The highest BCUT2D eigenvalue weighted by Gasteiger charge is 2.12. The first-order valence-electron chi connectivity index (χ1n) is 7.63. The van der Waals surface area contributed by atoms with Crippen LogP contribution in [0.2, 0.25) is 0 Å². The van der Waals surface area contributed by atoms with Crippen molar-refractivity contribution in [2.75, 3.05) is 20.3 Å². The number of fused-ring (bicyclic) bond motifs is 1. The van der Waals surface area contributed by atoms with E-state index in [9.17, 15) is 4.79 Å². The van der Waals surface area contributed by atoms with E-state index in [1.54, 1.807) is 7.11 Å². The third-order valence-electron chi connectivity index (χ3n) is 3.33. The van der Waals surface area contributed by atoms with E-state index in [4.69, 9.17) is 9.47 Å². The number of rotatable bonds is 8. The first kappa shape index (κ1) is 16.1. The molecular formula is C16H23N3O3. The zero-order chi connectivity index (χ0) is 15.9. The van der Waals surface area contributed by atoms with Crippen LogP contribution in [0.4, 0.5) is 0 Å². The minimum Gasteiger partial charge on any atom is -0.497 e. The summed E-state index contributed by atoms with van der Waals surface area (Å²) < 4.78 is 12.8. The maximum absolute atomic E-state index is 11.6. The Balaban J connectivity index is 2.20. The summed E-state index contributed by atoms with van der Waals surface area (Å²) in [6.07, 6.45) is 1.40. The molecule has 0 aliphatic heterocycles. The van der Waals surface area contributed by atoms with Crippen LogP contribution in [0.1, 0.15) is 26.7 Å². The lowest BCUT2D eigenvalue weighted by atomic mass is 10.3. The van der Waals surface area contributed by atoms with Gasteiger partial charge < -0.3 is 14.8 Å². The van der Waals surface area contributed by atoms with Gasteiger partial charge in [-0.1, -0.05) is 6.92 Å². The maximum atomic E-state index is 11.6. The van der Waals surface area contributed by atoms with Crippen molar-refractivity contribution in [1.82, 2.24) is 14.9 Å². The second-order valence-corrected chi connectivity index (χ2v) is 4.93. The minimum atomic E-state index is 0.0717. The number of carbonyl (C=O) groups is 1. The van der Waals surface area contributed by atoms with Crippen molar-refractivity contribution >= 4 is 16.9 Å². The largest absolute Gasteiger partial charge is 0.497 e. The number of hydrogen-bond donors (Lipinski definition) is 1. The first-order chi connectivity index (χ1) is 10.7. The summed E-state index contributed by atoms with van der Waals surface area (Å²) >= 11 is 0. The van der Waals surface area contributed by atoms with Gasteiger partial charge >= 0.3 is 0 Å². The smallest absolute Gasteiger partial charge is 0.297 e. The van der Waals surface area contributed by atoms with Gasteiger partial charge in [-0.25, -0.2) is 0 Å². The number of methoxy groups -OCH3 is 1. The van der Waals surface area contributed by atoms with Gasteiger partial charge in [0.2, 0.25) is 5.91 Å². The molecule has 1 aromatic carbocycles. The van der Waals surface area contributed by atoms with E-state index in [2.05, 4.69) is 10.3 Å². The van der Waals surface area contributed by atoms with Gasteiger partial charge in [0.05, 0.1) is 24.8 Å². The lowest BCUT2D eigenvalue weighted by molar-refractivity contribution is -0.121. The highest BCUT2D eigenvalue weighted by Crippen LogP contribution is 2.25. The van der Waals surface area contributed by atoms with Crippen molar-refractivity contribution in [1.29, 1.82) is 0 Å². The topological polar surface area (TPSA) is 65.4 Å². The van der Waals surface area contributed by atoms with E-state index in [0.717, 1.165) is 23.2 Å². The van der Waals surface area contributed by atoms with Crippen LogP contribution in [0.5, 0.6) is 11.8 Å². The van der Waals surface area contributed by atoms with Gasteiger partial charge in [-0.15, -0.1) is 0 Å². The van der Waals surface area contributed by atoms with Gasteiger partial charge in [-0.05, 0) is 25.5 Å². The third-order valence-corrected chi connectivity index (χ3v) is 3.33. The molecule has 0 unspecified atom stereocenters. The Hall–Kier alpha value is -2.24. The third kappa shape index (κ3) is 3.69. The predicted molar refractivity (Wildman–Crippen MR) is 85.4 cm³/mol. The van der Waals surface area contributed by atoms with E-state index in [0.29, 0.717) is 32.1 Å². The average molecular weight is 305 g/mol. The summed E-state index contributed by atoms with van der Waals surface area (Å²) in [6, 6.07) is 6.27. The van der Waals surface area contributed by atoms with Crippen LogP contribution in [-0.2, 0) is 11.3 Å². The number of ether oxygens (including phenoxy) is 2. The summed E-state index contributed by atoms with van der Waals surface area (Å²) in [5.74, 6) is 0.842. The molecule has 6 nitrogen and oxygen atoms in total. The number of amides is 1. The fraction of sp³-hybridized carbons (Fsp3) is 0.500. The minimum absolute atomic E-state index is 0.0717. The molecule has 1 amide bonds. The molecule has 0 fully saturated rings. The van der Waals surface area contributed by atoms with Crippen LogP contribution in [0.3, 0.4) is 0 Å². The number of carbonyl (C=O) groups excluding carboxylic acids is 1. The second kappa shape index (κ2) is 7.68. The fourth-order valence-electron chi connectivity index (χ4n) is 2.29. The molecule has 0 aliphatic carbocycles. The van der Waals surface area contributed by atoms with Gasteiger partial charge in [0.15, 0.2) is 0 Å². The molecule has 2 rings (SSSR count). The predicted octanol–water partition coefficient (Wildman–Crippen LogP) is 2.36. The highest BCUT2D eigenvalue weighted by molar-refractivity contribution is 5.78. The summed E-state index contributed by atoms with van der Waals surface area (Å²) in [7, 11) is 1.64. The number of nitrogens with one attached hydrogen (secondary N) is 1. The molecule has 0 atom stereocenters. The Kier molecular flexibility index (Phi) is 5.63. The van der Waals surface area contributed by atoms with Crippen LogP contribution in [0, 0.1) is 0 Å². The maximum Gasteiger partial charge on any atom is 0.297 e. The monoisotopic (exact) mass is 305 g/mol. The van der Waals surface area contributed by atoms with Gasteiger partial charge in [0, 0.05) is 25.6 Å². The van der Waals surface area contributed by atoms with Crippen molar-refractivity contribution in [3.63, 3.8) is 0 Å². The Morgan fingerprint density at radius 1 is 1.36 bits per heavy atom. The molecule has 1 heterocycles. The fourth-order valence-corrected chi connectivity index (χ4v) is 2.29. The van der Waals surface area contributed by atoms with E-state index in [1.165, 1.54) is 0 Å². The van der Waals surface area contributed by atoms with Crippen molar-refractivity contribution in [2.24, 2.45) is 0 Å². The molecule has 1 N–H and O–H groups in total. The molecule has 0 bridgehead atoms. The van der Waals surface area contributed by atoms with Crippen molar-refractivity contribution in [2.45, 2.75) is 33.2 Å². The van der Waals surface area contributed by atoms with E-state index in [1.807, 2.05) is 36.6 Å². The van der Waals surface area contributed by atoms with Gasteiger partial charge in [-0.2, -0.15) is 4.98 Å². The number of benzene rings is 1. The van der Waals surface area contributed by atoms with E-state index in [-0.39, 0.29) is 5.91 Å². The number of imidazole rings is 1. The number of hydrogen-bond acceptors (Lipinski definition) is 4. The number of aromatic nitrogens is 2. The van der Waals surface area contributed by atoms with E-state index < -0.39 is 0 Å². The molecule has 0 aliphatic rings. The molecule has 6 heteroatoms. The highest BCUT2D eigenvalue weighted by atomic mass is 16.5. The number of nitrogens with zero attached hydrogens (tertiary/aromatic N) is 2. The SMILES string of the molecule is CCCC(=O)NCCn1c(OCC)nc2ccc(OC)cc21. The normalized spacial score (nSPS) is 10.7. The Morgan fingerprint density at radius 3 is 2.86 bits per heavy atom. The molecular weight excluding hydrogens is 282 g/mol. The van der Waals surface area contributed by atoms with Gasteiger partial charge in [-0.3, -0.25) is 9.36 Å². The van der Waals surface area contributed by atoms with Crippen LogP contribution >= 0.6 is 0 Å².